The predicted octanol–water partition coefficient (Wildman–Crippen LogP) is 5.96. The first kappa shape index (κ1) is 24.4. The van der Waals surface area contributed by atoms with Crippen LogP contribution in [0.5, 0.6) is 11.6 Å². The van der Waals surface area contributed by atoms with Gasteiger partial charge in [0.1, 0.15) is 22.3 Å². The zero-order valence-electron chi connectivity index (χ0n) is 17.7. The summed E-state index contributed by atoms with van der Waals surface area (Å²) in [5.41, 5.74) is -1.82. The second-order valence-corrected chi connectivity index (χ2v) is 8.80. The summed E-state index contributed by atoms with van der Waals surface area (Å²) >= 11 is 0.492. The average Bonchev–Trinajstić information content (AvgIpc) is 3.23. The van der Waals surface area contributed by atoms with Gasteiger partial charge in [0.2, 0.25) is 5.88 Å². The van der Waals surface area contributed by atoms with Gasteiger partial charge >= 0.3 is 12.4 Å². The molecular weight excluding hydrogens is 486 g/mol. The van der Waals surface area contributed by atoms with Crippen molar-refractivity contribution in [1.29, 1.82) is 0 Å². The number of hydrogen-bond acceptors (Lipinski definition) is 5. The van der Waals surface area contributed by atoms with Crippen LogP contribution in [0, 0.1) is 0 Å². The van der Waals surface area contributed by atoms with Crippen molar-refractivity contribution in [3.63, 3.8) is 0 Å². The highest BCUT2D eigenvalue weighted by atomic mass is 32.1. The summed E-state index contributed by atoms with van der Waals surface area (Å²) in [6, 6.07) is 0.940. The molecule has 2 atom stereocenters. The molecule has 2 unspecified atom stereocenters. The Morgan fingerprint density at radius 3 is 2.65 bits per heavy atom. The molecule has 34 heavy (non-hydrogen) atoms. The lowest BCUT2D eigenvalue weighted by atomic mass is 9.94. The lowest BCUT2D eigenvalue weighted by Crippen LogP contribution is -2.53. The van der Waals surface area contributed by atoms with Gasteiger partial charge in [-0.05, 0) is 31.7 Å². The maximum atomic E-state index is 13.8. The first-order valence-corrected chi connectivity index (χ1v) is 11.4. The summed E-state index contributed by atoms with van der Waals surface area (Å²) in [5, 5.41) is 1.24. The average molecular weight is 506 g/mol. The topological polar surface area (TPSA) is 51.7 Å². The molecular formula is C22H20F6N2O3S. The van der Waals surface area contributed by atoms with Crippen molar-refractivity contribution in [3.05, 3.63) is 51.9 Å². The Bertz CT molecular complexity index is 1070. The number of carbonyl (C=O) groups excluding carboxylic acids is 1. The Morgan fingerprint density at radius 2 is 1.94 bits per heavy atom. The summed E-state index contributed by atoms with van der Waals surface area (Å²) in [5.74, 6) is -1.29. The molecule has 0 bridgehead atoms. The molecule has 2 aliphatic rings. The quantitative estimate of drug-likeness (QED) is 0.373. The van der Waals surface area contributed by atoms with Gasteiger partial charge in [-0.15, -0.1) is 11.3 Å². The Hall–Kier alpha value is -2.76. The van der Waals surface area contributed by atoms with E-state index in [0.29, 0.717) is 30.6 Å². The molecule has 1 amide bonds. The summed E-state index contributed by atoms with van der Waals surface area (Å²) < 4.78 is 91.5. The van der Waals surface area contributed by atoms with Gasteiger partial charge in [0.05, 0.1) is 18.2 Å². The standard InChI is InChI=1S/C22H20F6N2O3S/c23-21(24,25)14-7-8-29-19-18(14)20(31)30-9-4-6-16(15(30)5-2-1-3-10-32-19)33-13-11-17(34-12-13)22(26,27)28/h1-2,7-8,11-12,15-16H,3-6,9-10H2. The number of ether oxygens (including phenoxy) is 2. The minimum Gasteiger partial charge on any atom is -0.487 e. The van der Waals surface area contributed by atoms with Gasteiger partial charge in [0, 0.05) is 24.2 Å². The minimum absolute atomic E-state index is 0.0105. The monoisotopic (exact) mass is 506 g/mol. The molecule has 2 aromatic heterocycles. The zero-order chi connectivity index (χ0) is 24.5. The highest BCUT2D eigenvalue weighted by Gasteiger charge is 2.43. The normalized spacial score (nSPS) is 21.8. The van der Waals surface area contributed by atoms with Gasteiger partial charge in [0.15, 0.2) is 0 Å². The van der Waals surface area contributed by atoms with Crippen LogP contribution in [0.1, 0.15) is 46.5 Å². The fraction of sp³-hybridized carbons (Fsp3) is 0.455. The molecule has 4 heterocycles. The van der Waals surface area contributed by atoms with E-state index in [0.717, 1.165) is 18.3 Å². The molecule has 2 aromatic rings. The maximum Gasteiger partial charge on any atom is 0.425 e. The van der Waals surface area contributed by atoms with Crippen LogP contribution in [0.3, 0.4) is 0 Å². The Morgan fingerprint density at radius 1 is 1.15 bits per heavy atom. The third-order valence-electron chi connectivity index (χ3n) is 5.62. The van der Waals surface area contributed by atoms with Crippen molar-refractivity contribution in [1.82, 2.24) is 9.88 Å². The van der Waals surface area contributed by atoms with Crippen molar-refractivity contribution in [3.8, 4) is 11.6 Å². The molecule has 0 spiro atoms. The summed E-state index contributed by atoms with van der Waals surface area (Å²) in [4.78, 5) is 17.8. The number of carbonyl (C=O) groups is 1. The van der Waals surface area contributed by atoms with E-state index in [-0.39, 0.29) is 25.3 Å². The van der Waals surface area contributed by atoms with Crippen molar-refractivity contribution in [2.45, 2.75) is 50.2 Å². The van der Waals surface area contributed by atoms with Crippen LogP contribution in [0.2, 0.25) is 0 Å². The first-order chi connectivity index (χ1) is 16.1. The SMILES string of the molecule is O=C1c2c(C(F)(F)F)ccnc2OCCC=CCC2C(Oc3csc(C(F)(F)F)c3)CCCN12. The van der Waals surface area contributed by atoms with E-state index in [1.54, 1.807) is 12.2 Å². The van der Waals surface area contributed by atoms with Crippen LogP contribution in [0.25, 0.3) is 0 Å². The van der Waals surface area contributed by atoms with Crippen LogP contribution >= 0.6 is 11.3 Å². The maximum absolute atomic E-state index is 13.8. The van der Waals surface area contributed by atoms with E-state index < -0.39 is 52.3 Å². The van der Waals surface area contributed by atoms with E-state index in [4.69, 9.17) is 9.47 Å². The van der Waals surface area contributed by atoms with Gasteiger partial charge in [0.25, 0.3) is 5.91 Å². The molecule has 0 radical (unpaired) electrons. The van der Waals surface area contributed by atoms with Crippen LogP contribution in [-0.4, -0.2) is 41.1 Å². The van der Waals surface area contributed by atoms with Crippen molar-refractivity contribution >= 4 is 17.2 Å². The van der Waals surface area contributed by atoms with Crippen molar-refractivity contribution < 1.29 is 40.6 Å². The number of aromatic nitrogens is 1. The Labute approximate surface area is 195 Å². The zero-order valence-corrected chi connectivity index (χ0v) is 18.5. The molecule has 1 fully saturated rings. The number of amides is 1. The van der Waals surface area contributed by atoms with Crippen molar-refractivity contribution in [2.24, 2.45) is 0 Å². The van der Waals surface area contributed by atoms with Gasteiger partial charge in [-0.2, -0.15) is 26.3 Å². The summed E-state index contributed by atoms with van der Waals surface area (Å²) in [7, 11) is 0. The number of halogens is 6. The highest BCUT2D eigenvalue weighted by molar-refractivity contribution is 7.10. The second kappa shape index (κ2) is 9.47. The smallest absolute Gasteiger partial charge is 0.425 e. The molecule has 0 aromatic carbocycles. The molecule has 5 nitrogen and oxygen atoms in total. The third-order valence-corrected chi connectivity index (χ3v) is 6.58. The van der Waals surface area contributed by atoms with E-state index in [1.807, 2.05) is 0 Å². The molecule has 4 rings (SSSR count). The molecule has 184 valence electrons. The molecule has 1 saturated heterocycles. The van der Waals surface area contributed by atoms with Gasteiger partial charge in [-0.25, -0.2) is 4.98 Å². The number of thiophene rings is 1. The predicted molar refractivity (Wildman–Crippen MR) is 111 cm³/mol. The Kier molecular flexibility index (Phi) is 6.79. The van der Waals surface area contributed by atoms with E-state index in [9.17, 15) is 31.1 Å². The van der Waals surface area contributed by atoms with Crippen LogP contribution in [-0.2, 0) is 12.4 Å². The van der Waals surface area contributed by atoms with Gasteiger partial charge < -0.3 is 14.4 Å². The fourth-order valence-corrected chi connectivity index (χ4v) is 4.79. The van der Waals surface area contributed by atoms with Gasteiger partial charge in [-0.3, -0.25) is 4.79 Å². The lowest BCUT2D eigenvalue weighted by Gasteiger charge is -2.41. The minimum atomic E-state index is -4.81. The molecule has 0 aliphatic carbocycles. The highest BCUT2D eigenvalue weighted by Crippen LogP contribution is 2.39. The van der Waals surface area contributed by atoms with E-state index >= 15 is 0 Å². The largest absolute Gasteiger partial charge is 0.487 e. The van der Waals surface area contributed by atoms with E-state index in [2.05, 4.69) is 4.98 Å². The molecule has 0 saturated carbocycles. The van der Waals surface area contributed by atoms with E-state index in [1.165, 1.54) is 10.3 Å². The number of rotatable bonds is 2. The second-order valence-electron chi connectivity index (χ2n) is 7.89. The molecule has 2 aliphatic heterocycles. The fourth-order valence-electron chi connectivity index (χ4n) is 4.11. The Balaban J connectivity index is 1.69. The van der Waals surface area contributed by atoms with Crippen molar-refractivity contribution in [2.75, 3.05) is 13.2 Å². The van der Waals surface area contributed by atoms with Crippen LogP contribution < -0.4 is 9.47 Å². The molecule has 12 heteroatoms. The number of piperidine rings is 1. The number of nitrogens with zero attached hydrogens (tertiary/aromatic N) is 2. The summed E-state index contributed by atoms with van der Waals surface area (Å²) in [6.07, 6.45) is -4.04. The lowest BCUT2D eigenvalue weighted by molar-refractivity contribution is -0.138. The first-order valence-electron chi connectivity index (χ1n) is 10.5. The third kappa shape index (κ3) is 5.16. The number of fused-ring (bicyclic) bond motifs is 2. The molecule has 0 N–H and O–H groups in total. The summed E-state index contributed by atoms with van der Waals surface area (Å²) in [6.45, 7) is 0.199. The van der Waals surface area contributed by atoms with Gasteiger partial charge in [-0.1, -0.05) is 12.2 Å². The number of pyridine rings is 1. The number of alkyl halides is 6. The number of hydrogen-bond donors (Lipinski definition) is 0. The van der Waals surface area contributed by atoms with Crippen LogP contribution in [0.4, 0.5) is 26.3 Å². The van der Waals surface area contributed by atoms with Crippen LogP contribution in [0.15, 0.2) is 35.9 Å².